The van der Waals surface area contributed by atoms with Crippen molar-refractivity contribution in [3.63, 3.8) is 0 Å². The average Bonchev–Trinajstić information content (AvgIpc) is 2.76. The number of carbonyl (C=O) groups excluding carboxylic acids is 3. The number of nitrogens with zero attached hydrogens (tertiary/aromatic N) is 2. The Morgan fingerprint density at radius 3 is 2.03 bits per heavy atom. The van der Waals surface area contributed by atoms with Gasteiger partial charge in [-0.3, -0.25) is 9.59 Å². The Labute approximate surface area is 188 Å². The largest absolute Gasteiger partial charge is 0.426 e. The summed E-state index contributed by atoms with van der Waals surface area (Å²) in [5.41, 5.74) is 0.815. The summed E-state index contributed by atoms with van der Waals surface area (Å²) in [6.45, 7) is 5.82. The molecule has 2 atom stereocenters. The van der Waals surface area contributed by atoms with Gasteiger partial charge in [-0.25, -0.2) is 13.6 Å². The van der Waals surface area contributed by atoms with E-state index in [-0.39, 0.29) is 11.3 Å². The minimum absolute atomic E-state index is 0.168. The number of hydrogen-bond acceptors (Lipinski definition) is 8. The minimum Gasteiger partial charge on any atom is -0.426 e. The molecule has 0 bridgehead atoms. The molecule has 2 rings (SSSR count). The van der Waals surface area contributed by atoms with Crippen molar-refractivity contribution in [3.8, 4) is 5.75 Å². The maximum atomic E-state index is 13.1. The first-order valence-electron chi connectivity index (χ1n) is 9.55. The van der Waals surface area contributed by atoms with Crippen LogP contribution in [0, 0.1) is 17.6 Å². The number of rotatable bonds is 9. The average molecular weight is 458 g/mol. The van der Waals surface area contributed by atoms with Crippen LogP contribution in [0.25, 0.3) is 0 Å². The fourth-order valence-corrected chi connectivity index (χ4v) is 2.27. The van der Waals surface area contributed by atoms with Crippen LogP contribution in [0.5, 0.6) is 5.75 Å². The van der Waals surface area contributed by atoms with Gasteiger partial charge in [0.05, 0.1) is 12.4 Å². The molecule has 0 spiro atoms. The highest BCUT2D eigenvalue weighted by Gasteiger charge is 2.27. The van der Waals surface area contributed by atoms with Gasteiger partial charge >= 0.3 is 17.9 Å². The van der Waals surface area contributed by atoms with Crippen molar-refractivity contribution in [1.82, 2.24) is 0 Å². The first-order valence-corrected chi connectivity index (χ1v) is 9.55. The van der Waals surface area contributed by atoms with E-state index in [1.807, 2.05) is 0 Å². The Kier molecular flexibility index (Phi) is 9.10. The zero-order valence-corrected chi connectivity index (χ0v) is 17.7. The number of ether oxygens (including phenoxy) is 3. The van der Waals surface area contributed by atoms with E-state index in [1.165, 1.54) is 38.4 Å². The monoisotopic (exact) mass is 458 g/mol. The Morgan fingerprint density at radius 2 is 1.45 bits per heavy atom. The molecule has 2 aromatic carbocycles. The van der Waals surface area contributed by atoms with E-state index >= 15 is 0 Å². The molecule has 33 heavy (non-hydrogen) atoms. The van der Waals surface area contributed by atoms with Gasteiger partial charge in [-0.15, -0.1) is 0 Å². The van der Waals surface area contributed by atoms with Crippen LogP contribution in [0.4, 0.5) is 8.78 Å². The van der Waals surface area contributed by atoms with Crippen molar-refractivity contribution < 1.29 is 37.4 Å². The Morgan fingerprint density at radius 1 is 0.879 bits per heavy atom. The van der Waals surface area contributed by atoms with Crippen LogP contribution in [-0.4, -0.2) is 36.6 Å². The fraction of sp³-hybridized carbons (Fsp3) is 0.174. The summed E-state index contributed by atoms with van der Waals surface area (Å²) in [6.07, 6.45) is 2.29. The van der Waals surface area contributed by atoms with Crippen LogP contribution in [0.3, 0.4) is 0 Å². The van der Waals surface area contributed by atoms with Crippen molar-refractivity contribution in [3.05, 3.63) is 77.9 Å². The van der Waals surface area contributed by atoms with Gasteiger partial charge < -0.3 is 14.2 Å². The van der Waals surface area contributed by atoms with Crippen molar-refractivity contribution >= 4 is 30.3 Å². The molecule has 0 aliphatic heterocycles. The van der Waals surface area contributed by atoms with E-state index in [4.69, 9.17) is 14.2 Å². The molecule has 0 heterocycles. The molecule has 2 aromatic rings. The molecule has 0 amide bonds. The third kappa shape index (κ3) is 8.44. The van der Waals surface area contributed by atoms with E-state index in [0.717, 1.165) is 24.3 Å². The zero-order valence-electron chi connectivity index (χ0n) is 17.7. The molecular weight excluding hydrogens is 438 g/mol. The number of benzene rings is 2. The van der Waals surface area contributed by atoms with Crippen molar-refractivity contribution in [2.24, 2.45) is 16.1 Å². The van der Waals surface area contributed by atoms with Crippen LogP contribution in [0.1, 0.15) is 25.0 Å². The predicted molar refractivity (Wildman–Crippen MR) is 115 cm³/mol. The third-order valence-corrected chi connectivity index (χ3v) is 3.90. The third-order valence-electron chi connectivity index (χ3n) is 3.90. The Bertz CT molecular complexity index is 1060. The summed E-state index contributed by atoms with van der Waals surface area (Å²) in [6, 6.07) is 9.05. The van der Waals surface area contributed by atoms with Gasteiger partial charge in [-0.1, -0.05) is 6.58 Å². The van der Waals surface area contributed by atoms with Crippen LogP contribution < -0.4 is 4.74 Å². The number of halogens is 2. The van der Waals surface area contributed by atoms with Gasteiger partial charge in [0.25, 0.3) is 0 Å². The molecule has 10 heteroatoms. The van der Waals surface area contributed by atoms with Gasteiger partial charge in [0.15, 0.2) is 5.92 Å². The molecule has 0 saturated heterocycles. The summed E-state index contributed by atoms with van der Waals surface area (Å²) >= 11 is 0. The van der Waals surface area contributed by atoms with E-state index in [2.05, 4.69) is 16.8 Å². The standard InChI is InChI=1S/C23H20F2N2O6/c1-4-21(28)31-15(3)32-22(29)14(2)23(30)33-20-7-5-16(6-8-20)12-26-27-13-17-9-18(24)11-19(25)10-17/h4-15H,1H2,2-3H3/b26-12+,27-13+. The van der Waals surface area contributed by atoms with Gasteiger partial charge in [-0.2, -0.15) is 10.2 Å². The SMILES string of the molecule is C=CC(=O)OC(C)OC(=O)C(C)C(=O)Oc1ccc(/C=N/N=C/c2cc(F)cc(F)c2)cc1. The topological polar surface area (TPSA) is 104 Å². The Hall–Kier alpha value is -4.21. The second-order valence-electron chi connectivity index (χ2n) is 6.55. The predicted octanol–water partition coefficient (Wildman–Crippen LogP) is 3.58. The zero-order chi connectivity index (χ0) is 24.4. The van der Waals surface area contributed by atoms with Crippen LogP contribution >= 0.6 is 0 Å². The summed E-state index contributed by atoms with van der Waals surface area (Å²) in [5, 5.41) is 7.50. The quantitative estimate of drug-likeness (QED) is 0.108. The highest BCUT2D eigenvalue weighted by atomic mass is 19.1. The number of hydrogen-bond donors (Lipinski definition) is 0. The molecule has 172 valence electrons. The lowest BCUT2D eigenvalue weighted by Crippen LogP contribution is -2.31. The van der Waals surface area contributed by atoms with Gasteiger partial charge in [0.2, 0.25) is 6.29 Å². The molecule has 0 N–H and O–H groups in total. The van der Waals surface area contributed by atoms with Crippen molar-refractivity contribution in [2.45, 2.75) is 20.1 Å². The summed E-state index contributed by atoms with van der Waals surface area (Å²) in [4.78, 5) is 35.2. The van der Waals surface area contributed by atoms with E-state index in [1.54, 1.807) is 12.1 Å². The second kappa shape index (κ2) is 12.0. The maximum absolute atomic E-state index is 13.1. The molecule has 0 fully saturated rings. The van der Waals surface area contributed by atoms with E-state index < -0.39 is 41.8 Å². The molecule has 8 nitrogen and oxygen atoms in total. The molecule has 0 aliphatic carbocycles. The molecule has 0 aliphatic rings. The molecule has 0 saturated carbocycles. The smallest absolute Gasteiger partial charge is 0.333 e. The molecule has 2 unspecified atom stereocenters. The van der Waals surface area contributed by atoms with E-state index in [0.29, 0.717) is 5.56 Å². The van der Waals surface area contributed by atoms with Crippen molar-refractivity contribution in [1.29, 1.82) is 0 Å². The lowest BCUT2D eigenvalue weighted by Gasteiger charge is -2.15. The summed E-state index contributed by atoms with van der Waals surface area (Å²) in [7, 11) is 0. The molecule has 0 aromatic heterocycles. The highest BCUT2D eigenvalue weighted by Crippen LogP contribution is 2.14. The molecular formula is C23H20F2N2O6. The number of esters is 3. The van der Waals surface area contributed by atoms with Crippen LogP contribution in [0.2, 0.25) is 0 Å². The van der Waals surface area contributed by atoms with E-state index in [9.17, 15) is 23.2 Å². The highest BCUT2D eigenvalue weighted by molar-refractivity contribution is 5.95. The van der Waals surface area contributed by atoms with Gasteiger partial charge in [0, 0.05) is 24.6 Å². The summed E-state index contributed by atoms with van der Waals surface area (Å²) < 4.78 is 40.9. The Balaban J connectivity index is 1.88. The first-order chi connectivity index (χ1) is 15.7. The minimum atomic E-state index is -1.27. The van der Waals surface area contributed by atoms with Crippen molar-refractivity contribution in [2.75, 3.05) is 0 Å². The van der Waals surface area contributed by atoms with Gasteiger partial charge in [-0.05, 0) is 48.9 Å². The normalized spacial score (nSPS) is 12.8. The van der Waals surface area contributed by atoms with Crippen LogP contribution in [-0.2, 0) is 23.9 Å². The second-order valence-corrected chi connectivity index (χ2v) is 6.55. The number of carbonyl (C=O) groups is 3. The van der Waals surface area contributed by atoms with Gasteiger partial charge in [0.1, 0.15) is 17.4 Å². The fourth-order valence-electron chi connectivity index (χ4n) is 2.27. The lowest BCUT2D eigenvalue weighted by atomic mass is 10.2. The van der Waals surface area contributed by atoms with Crippen LogP contribution in [0.15, 0.2) is 65.3 Å². The lowest BCUT2D eigenvalue weighted by molar-refractivity contribution is -0.185. The first kappa shape index (κ1) is 25.1. The maximum Gasteiger partial charge on any atom is 0.333 e. The summed E-state index contributed by atoms with van der Waals surface area (Å²) in [5.74, 6) is -5.11. The molecule has 0 radical (unpaired) electrons.